The van der Waals surface area contributed by atoms with Crippen LogP contribution >= 0.6 is 11.8 Å². The van der Waals surface area contributed by atoms with Crippen LogP contribution < -0.4 is 10.6 Å². The van der Waals surface area contributed by atoms with Crippen molar-refractivity contribution in [1.29, 1.82) is 0 Å². The Kier molecular flexibility index (Phi) is 5.12. The highest BCUT2D eigenvalue weighted by Crippen LogP contribution is 2.28. The lowest BCUT2D eigenvalue weighted by atomic mass is 10.1. The van der Waals surface area contributed by atoms with Gasteiger partial charge in [-0.05, 0) is 55.0 Å². The quantitative estimate of drug-likeness (QED) is 0.392. The fraction of sp³-hybridized carbons (Fsp3) is 0.150. The molecule has 0 spiro atoms. The van der Waals surface area contributed by atoms with Crippen LogP contribution in [-0.2, 0) is 5.75 Å². The van der Waals surface area contributed by atoms with E-state index in [9.17, 15) is 4.39 Å². The first-order chi connectivity index (χ1) is 13.7. The highest BCUT2D eigenvalue weighted by Gasteiger charge is 2.14. The Morgan fingerprint density at radius 2 is 1.93 bits per heavy atom. The molecule has 0 bridgehead atoms. The maximum Gasteiger partial charge on any atom is 0.210 e. The first-order valence-corrected chi connectivity index (χ1v) is 9.74. The van der Waals surface area contributed by atoms with Crippen molar-refractivity contribution in [3.63, 3.8) is 0 Å². The second-order valence-corrected chi connectivity index (χ2v) is 6.97. The SMILES string of the molecule is CCOc1ccc(-c2nnc(SCc3ccc(F)c4cccnc34)n2N)cc1. The van der Waals surface area contributed by atoms with Gasteiger partial charge in [0.15, 0.2) is 5.82 Å². The van der Waals surface area contributed by atoms with Crippen LogP contribution in [0.2, 0.25) is 0 Å². The van der Waals surface area contributed by atoms with E-state index < -0.39 is 0 Å². The summed E-state index contributed by atoms with van der Waals surface area (Å²) < 4.78 is 20.9. The van der Waals surface area contributed by atoms with Gasteiger partial charge >= 0.3 is 0 Å². The minimum atomic E-state index is -0.281. The molecule has 0 aliphatic carbocycles. The Bertz CT molecular complexity index is 1110. The van der Waals surface area contributed by atoms with Crippen LogP contribution in [0.5, 0.6) is 5.75 Å². The van der Waals surface area contributed by atoms with Crippen molar-refractivity contribution in [2.75, 3.05) is 12.4 Å². The lowest BCUT2D eigenvalue weighted by Gasteiger charge is -2.07. The van der Waals surface area contributed by atoms with E-state index in [-0.39, 0.29) is 5.82 Å². The van der Waals surface area contributed by atoms with E-state index in [4.69, 9.17) is 10.6 Å². The minimum Gasteiger partial charge on any atom is -0.494 e. The second-order valence-electron chi connectivity index (χ2n) is 6.03. The van der Waals surface area contributed by atoms with Gasteiger partial charge < -0.3 is 10.6 Å². The number of ether oxygens (including phenoxy) is 1. The number of halogens is 1. The van der Waals surface area contributed by atoms with Crippen molar-refractivity contribution < 1.29 is 9.13 Å². The van der Waals surface area contributed by atoms with Crippen LogP contribution in [0.25, 0.3) is 22.3 Å². The highest BCUT2D eigenvalue weighted by molar-refractivity contribution is 7.98. The Balaban J connectivity index is 1.55. The van der Waals surface area contributed by atoms with Gasteiger partial charge in [0.2, 0.25) is 5.16 Å². The molecular weight excluding hydrogens is 377 g/mol. The van der Waals surface area contributed by atoms with Crippen LogP contribution in [0.4, 0.5) is 4.39 Å². The molecule has 0 amide bonds. The first kappa shape index (κ1) is 18.2. The number of pyridine rings is 1. The number of fused-ring (bicyclic) bond motifs is 1. The van der Waals surface area contributed by atoms with Crippen molar-refractivity contribution >= 4 is 22.7 Å². The molecule has 4 aromatic rings. The van der Waals surface area contributed by atoms with E-state index in [1.54, 1.807) is 24.4 Å². The predicted octanol–water partition coefficient (Wildman–Crippen LogP) is 4.04. The Morgan fingerprint density at radius 1 is 1.11 bits per heavy atom. The predicted molar refractivity (Wildman–Crippen MR) is 108 cm³/mol. The average Bonchev–Trinajstić information content (AvgIpc) is 3.09. The molecule has 142 valence electrons. The molecule has 28 heavy (non-hydrogen) atoms. The van der Waals surface area contributed by atoms with Crippen molar-refractivity contribution in [1.82, 2.24) is 19.9 Å². The lowest BCUT2D eigenvalue weighted by molar-refractivity contribution is 0.340. The molecule has 0 saturated carbocycles. The van der Waals surface area contributed by atoms with E-state index in [0.717, 1.165) is 16.9 Å². The van der Waals surface area contributed by atoms with E-state index in [0.29, 0.717) is 34.2 Å². The largest absolute Gasteiger partial charge is 0.494 e. The molecule has 0 radical (unpaired) electrons. The fourth-order valence-electron chi connectivity index (χ4n) is 2.89. The monoisotopic (exact) mass is 395 g/mol. The number of benzene rings is 2. The van der Waals surface area contributed by atoms with Gasteiger partial charge in [0, 0.05) is 22.9 Å². The molecule has 2 aromatic heterocycles. The summed E-state index contributed by atoms with van der Waals surface area (Å²) in [6, 6.07) is 14.2. The molecule has 0 unspecified atom stereocenters. The molecular formula is C20H18FN5OS. The standard InChI is InChI=1S/C20H18FN5OS/c1-2-27-15-8-5-13(6-9-15)19-24-25-20(26(19)22)28-12-14-7-10-17(21)16-4-3-11-23-18(14)16/h3-11H,2,12,22H2,1H3. The normalized spacial score (nSPS) is 11.1. The van der Waals surface area contributed by atoms with Crippen LogP contribution in [0.1, 0.15) is 12.5 Å². The zero-order valence-electron chi connectivity index (χ0n) is 15.2. The molecule has 0 fully saturated rings. The van der Waals surface area contributed by atoms with E-state index >= 15 is 0 Å². The van der Waals surface area contributed by atoms with E-state index in [1.165, 1.54) is 22.5 Å². The summed E-state index contributed by atoms with van der Waals surface area (Å²) in [5.74, 6) is 7.82. The molecule has 6 nitrogen and oxygen atoms in total. The number of nitrogen functional groups attached to an aromatic ring is 1. The Hall–Kier alpha value is -3.13. The number of nitrogens with zero attached hydrogens (tertiary/aromatic N) is 4. The second kappa shape index (κ2) is 7.85. The third kappa shape index (κ3) is 3.50. The van der Waals surface area contributed by atoms with Crippen molar-refractivity contribution in [2.45, 2.75) is 17.8 Å². The number of hydrogen-bond donors (Lipinski definition) is 1. The smallest absolute Gasteiger partial charge is 0.210 e. The summed E-state index contributed by atoms with van der Waals surface area (Å²) in [6.45, 7) is 2.55. The molecule has 4 rings (SSSR count). The number of aromatic nitrogens is 4. The van der Waals surface area contributed by atoms with Crippen LogP contribution in [-0.4, -0.2) is 26.5 Å². The molecule has 2 aromatic carbocycles. The van der Waals surface area contributed by atoms with E-state index in [1.807, 2.05) is 31.2 Å². The minimum absolute atomic E-state index is 0.281. The third-order valence-electron chi connectivity index (χ3n) is 4.24. The van der Waals surface area contributed by atoms with Gasteiger partial charge in [0.05, 0.1) is 12.1 Å². The number of rotatable bonds is 6. The molecule has 0 atom stereocenters. The maximum atomic E-state index is 14.0. The van der Waals surface area contributed by atoms with E-state index in [2.05, 4.69) is 15.2 Å². The zero-order valence-corrected chi connectivity index (χ0v) is 16.0. The van der Waals surface area contributed by atoms with Crippen molar-refractivity contribution in [3.8, 4) is 17.1 Å². The summed E-state index contributed by atoms with van der Waals surface area (Å²) in [5, 5.41) is 9.46. The molecule has 2 heterocycles. The van der Waals surface area contributed by atoms with Gasteiger partial charge in [0.1, 0.15) is 11.6 Å². The summed E-state index contributed by atoms with van der Waals surface area (Å²) in [6.07, 6.45) is 1.66. The van der Waals surface area contributed by atoms with Crippen LogP contribution in [0.3, 0.4) is 0 Å². The van der Waals surface area contributed by atoms with Gasteiger partial charge in [-0.1, -0.05) is 17.8 Å². The molecule has 0 aliphatic rings. The Morgan fingerprint density at radius 3 is 2.71 bits per heavy atom. The highest BCUT2D eigenvalue weighted by atomic mass is 32.2. The van der Waals surface area contributed by atoms with Gasteiger partial charge in [-0.15, -0.1) is 10.2 Å². The first-order valence-electron chi connectivity index (χ1n) is 8.76. The lowest BCUT2D eigenvalue weighted by Crippen LogP contribution is -2.11. The number of nitrogens with two attached hydrogens (primary N) is 1. The summed E-state index contributed by atoms with van der Waals surface area (Å²) in [4.78, 5) is 4.31. The molecule has 2 N–H and O–H groups in total. The maximum absolute atomic E-state index is 14.0. The summed E-state index contributed by atoms with van der Waals surface area (Å²) in [7, 11) is 0. The van der Waals surface area contributed by atoms with Gasteiger partial charge in [-0.2, -0.15) is 0 Å². The topological polar surface area (TPSA) is 78.9 Å². The van der Waals surface area contributed by atoms with Crippen LogP contribution in [0, 0.1) is 5.82 Å². The average molecular weight is 395 g/mol. The number of thioether (sulfide) groups is 1. The van der Waals surface area contributed by atoms with Crippen molar-refractivity contribution in [3.05, 3.63) is 66.1 Å². The van der Waals surface area contributed by atoms with Crippen molar-refractivity contribution in [2.24, 2.45) is 0 Å². The fourth-order valence-corrected chi connectivity index (χ4v) is 3.74. The Labute approximate surface area is 165 Å². The van der Waals surface area contributed by atoms with Gasteiger partial charge in [-0.25, -0.2) is 9.07 Å². The third-order valence-corrected chi connectivity index (χ3v) is 5.24. The van der Waals surface area contributed by atoms with Crippen LogP contribution in [0.15, 0.2) is 59.9 Å². The molecule has 8 heteroatoms. The number of hydrogen-bond acceptors (Lipinski definition) is 6. The van der Waals surface area contributed by atoms with Gasteiger partial charge in [0.25, 0.3) is 0 Å². The summed E-state index contributed by atoms with van der Waals surface area (Å²) in [5.41, 5.74) is 2.40. The molecule has 0 saturated heterocycles. The zero-order chi connectivity index (χ0) is 19.5. The van der Waals surface area contributed by atoms with Gasteiger partial charge in [-0.3, -0.25) is 4.98 Å². The summed E-state index contributed by atoms with van der Waals surface area (Å²) >= 11 is 1.42. The molecule has 0 aliphatic heterocycles.